The molecule has 1 saturated carbocycles. The van der Waals surface area contributed by atoms with Gasteiger partial charge < -0.3 is 5.32 Å². The van der Waals surface area contributed by atoms with Crippen molar-refractivity contribution in [3.05, 3.63) is 0 Å². The Morgan fingerprint density at radius 2 is 2.07 bits per heavy atom. The van der Waals surface area contributed by atoms with Crippen LogP contribution in [0.15, 0.2) is 0 Å². The van der Waals surface area contributed by atoms with Gasteiger partial charge in [-0.25, -0.2) is 0 Å². The normalized spacial score (nSPS) is 18.8. The number of hydrogen-bond donors (Lipinski definition) is 1. The molecule has 1 unspecified atom stereocenters. The molecule has 0 aromatic heterocycles. The van der Waals surface area contributed by atoms with E-state index in [9.17, 15) is 4.79 Å². The van der Waals surface area contributed by atoms with Crippen LogP contribution in [0.25, 0.3) is 0 Å². The van der Waals surface area contributed by atoms with E-state index in [4.69, 9.17) is 5.26 Å². The summed E-state index contributed by atoms with van der Waals surface area (Å²) in [5, 5.41) is 11.7. The van der Waals surface area contributed by atoms with Gasteiger partial charge in [-0.05, 0) is 24.7 Å². The summed E-state index contributed by atoms with van der Waals surface area (Å²) < 4.78 is 0. The summed E-state index contributed by atoms with van der Waals surface area (Å²) in [4.78, 5) is 11.6. The standard InChI is InChI=1S/C12H20N2O/c1-9(2)11(7-13)12(15)14-8-10-5-3-4-6-10/h9-11H,3-6,8H2,1-2H3,(H,14,15). The third-order valence-electron chi connectivity index (χ3n) is 3.13. The van der Waals surface area contributed by atoms with E-state index in [0.717, 1.165) is 6.54 Å². The molecule has 1 fully saturated rings. The molecule has 0 spiro atoms. The van der Waals surface area contributed by atoms with E-state index in [1.807, 2.05) is 13.8 Å². The van der Waals surface area contributed by atoms with Crippen LogP contribution in [0.4, 0.5) is 0 Å². The Bertz CT molecular complexity index is 249. The lowest BCUT2D eigenvalue weighted by Crippen LogP contribution is -2.35. The maximum Gasteiger partial charge on any atom is 0.237 e. The fourth-order valence-electron chi connectivity index (χ4n) is 2.08. The van der Waals surface area contributed by atoms with Crippen molar-refractivity contribution in [1.29, 1.82) is 5.26 Å². The second kappa shape index (κ2) is 5.75. The molecule has 1 atom stereocenters. The highest BCUT2D eigenvalue weighted by Gasteiger charge is 2.23. The molecule has 1 aliphatic carbocycles. The first-order chi connectivity index (χ1) is 7.15. The summed E-state index contributed by atoms with van der Waals surface area (Å²) in [7, 11) is 0. The first-order valence-electron chi connectivity index (χ1n) is 5.82. The number of carbonyl (C=O) groups excluding carboxylic acids is 1. The third-order valence-corrected chi connectivity index (χ3v) is 3.13. The van der Waals surface area contributed by atoms with Gasteiger partial charge in [0, 0.05) is 6.54 Å². The van der Waals surface area contributed by atoms with E-state index in [2.05, 4.69) is 11.4 Å². The maximum absolute atomic E-state index is 11.6. The van der Waals surface area contributed by atoms with Crippen LogP contribution in [0.3, 0.4) is 0 Å². The second-order valence-corrected chi connectivity index (χ2v) is 4.75. The van der Waals surface area contributed by atoms with Gasteiger partial charge in [-0.1, -0.05) is 26.7 Å². The zero-order chi connectivity index (χ0) is 11.3. The van der Waals surface area contributed by atoms with Gasteiger partial charge in [-0.3, -0.25) is 4.79 Å². The smallest absolute Gasteiger partial charge is 0.237 e. The SMILES string of the molecule is CC(C)C(C#N)C(=O)NCC1CCCC1. The average Bonchev–Trinajstić information content (AvgIpc) is 2.67. The number of amides is 1. The lowest BCUT2D eigenvalue weighted by molar-refractivity contribution is -0.124. The number of nitrogens with zero attached hydrogens (tertiary/aromatic N) is 1. The molecule has 1 amide bonds. The zero-order valence-electron chi connectivity index (χ0n) is 9.62. The Morgan fingerprint density at radius 3 is 2.53 bits per heavy atom. The number of carbonyl (C=O) groups is 1. The van der Waals surface area contributed by atoms with E-state index in [0.29, 0.717) is 5.92 Å². The van der Waals surface area contributed by atoms with Crippen molar-refractivity contribution in [2.45, 2.75) is 39.5 Å². The van der Waals surface area contributed by atoms with Crippen molar-refractivity contribution in [1.82, 2.24) is 5.32 Å². The molecule has 0 saturated heterocycles. The van der Waals surface area contributed by atoms with Crippen LogP contribution in [-0.2, 0) is 4.79 Å². The van der Waals surface area contributed by atoms with Gasteiger partial charge in [-0.15, -0.1) is 0 Å². The minimum Gasteiger partial charge on any atom is -0.355 e. The van der Waals surface area contributed by atoms with E-state index >= 15 is 0 Å². The molecule has 3 heteroatoms. The van der Waals surface area contributed by atoms with Gasteiger partial charge in [0.15, 0.2) is 0 Å². The van der Waals surface area contributed by atoms with Gasteiger partial charge in [0.1, 0.15) is 5.92 Å². The van der Waals surface area contributed by atoms with Crippen molar-refractivity contribution < 1.29 is 4.79 Å². The summed E-state index contributed by atoms with van der Waals surface area (Å²) >= 11 is 0. The van der Waals surface area contributed by atoms with Crippen LogP contribution < -0.4 is 5.32 Å². The predicted molar refractivity (Wildman–Crippen MR) is 58.9 cm³/mol. The van der Waals surface area contributed by atoms with Gasteiger partial charge in [0.05, 0.1) is 6.07 Å². The van der Waals surface area contributed by atoms with Gasteiger partial charge >= 0.3 is 0 Å². The van der Waals surface area contributed by atoms with Crippen LogP contribution in [0.5, 0.6) is 0 Å². The van der Waals surface area contributed by atoms with E-state index < -0.39 is 5.92 Å². The molecule has 0 radical (unpaired) electrons. The van der Waals surface area contributed by atoms with E-state index in [1.165, 1.54) is 25.7 Å². The molecular weight excluding hydrogens is 188 g/mol. The van der Waals surface area contributed by atoms with Crippen molar-refractivity contribution in [2.24, 2.45) is 17.8 Å². The topological polar surface area (TPSA) is 52.9 Å². The number of nitrogens with one attached hydrogen (secondary N) is 1. The molecule has 0 aromatic carbocycles. The Morgan fingerprint density at radius 1 is 1.47 bits per heavy atom. The quantitative estimate of drug-likeness (QED) is 0.769. The van der Waals surface area contributed by atoms with E-state index in [1.54, 1.807) is 0 Å². The Hall–Kier alpha value is -1.04. The lowest BCUT2D eigenvalue weighted by Gasteiger charge is -2.15. The molecule has 3 nitrogen and oxygen atoms in total. The molecule has 0 aromatic rings. The molecule has 0 heterocycles. The Balaban J connectivity index is 2.31. The molecule has 1 N–H and O–H groups in total. The monoisotopic (exact) mass is 208 g/mol. The average molecular weight is 208 g/mol. The minimum atomic E-state index is -0.494. The summed E-state index contributed by atoms with van der Waals surface area (Å²) in [5.74, 6) is 0.143. The molecule has 0 aliphatic heterocycles. The minimum absolute atomic E-state index is 0.0959. The highest BCUT2D eigenvalue weighted by molar-refractivity contribution is 5.81. The van der Waals surface area contributed by atoms with Crippen molar-refractivity contribution in [2.75, 3.05) is 6.54 Å². The summed E-state index contributed by atoms with van der Waals surface area (Å²) in [5.41, 5.74) is 0. The van der Waals surface area contributed by atoms with Crippen molar-refractivity contribution >= 4 is 5.91 Å². The molecule has 84 valence electrons. The summed E-state index contributed by atoms with van der Waals surface area (Å²) in [6.07, 6.45) is 5.01. The van der Waals surface area contributed by atoms with Crippen LogP contribution in [0, 0.1) is 29.1 Å². The van der Waals surface area contributed by atoms with Crippen molar-refractivity contribution in [3.8, 4) is 6.07 Å². The van der Waals surface area contributed by atoms with Gasteiger partial charge in [-0.2, -0.15) is 5.26 Å². The van der Waals surface area contributed by atoms with Gasteiger partial charge in [0.2, 0.25) is 5.91 Å². The lowest BCUT2D eigenvalue weighted by atomic mass is 9.96. The molecule has 0 bridgehead atoms. The largest absolute Gasteiger partial charge is 0.355 e. The van der Waals surface area contributed by atoms with Crippen LogP contribution in [0.1, 0.15) is 39.5 Å². The Labute approximate surface area is 91.9 Å². The molecular formula is C12H20N2O. The predicted octanol–water partition coefficient (Wildman–Crippen LogP) is 2.09. The van der Waals surface area contributed by atoms with Crippen molar-refractivity contribution in [3.63, 3.8) is 0 Å². The second-order valence-electron chi connectivity index (χ2n) is 4.75. The molecule has 15 heavy (non-hydrogen) atoms. The van der Waals surface area contributed by atoms with E-state index in [-0.39, 0.29) is 11.8 Å². The molecule has 1 aliphatic rings. The number of hydrogen-bond acceptors (Lipinski definition) is 2. The van der Waals surface area contributed by atoms with Crippen LogP contribution in [0.2, 0.25) is 0 Å². The zero-order valence-corrected chi connectivity index (χ0v) is 9.62. The fraction of sp³-hybridized carbons (Fsp3) is 0.833. The highest BCUT2D eigenvalue weighted by Crippen LogP contribution is 2.23. The highest BCUT2D eigenvalue weighted by atomic mass is 16.1. The third kappa shape index (κ3) is 3.54. The van der Waals surface area contributed by atoms with Crippen LogP contribution >= 0.6 is 0 Å². The first-order valence-corrected chi connectivity index (χ1v) is 5.82. The fourth-order valence-corrected chi connectivity index (χ4v) is 2.08. The van der Waals surface area contributed by atoms with Crippen LogP contribution in [-0.4, -0.2) is 12.5 Å². The number of rotatable bonds is 4. The Kier molecular flexibility index (Phi) is 4.61. The molecule has 1 rings (SSSR count). The van der Waals surface area contributed by atoms with Gasteiger partial charge in [0.25, 0.3) is 0 Å². The maximum atomic E-state index is 11.6. The first kappa shape index (κ1) is 12.0. The summed E-state index contributed by atoms with van der Waals surface area (Å²) in [6.45, 7) is 4.57. The number of nitriles is 1. The summed E-state index contributed by atoms with van der Waals surface area (Å²) in [6, 6.07) is 2.06.